The number of alkyl halides is 2. The molecule has 346 valence electrons. The number of carbonyl (C=O) groups is 3. The zero-order valence-corrected chi connectivity index (χ0v) is 37.1. The Labute approximate surface area is 380 Å². The van der Waals surface area contributed by atoms with E-state index < -0.39 is 23.9 Å². The van der Waals surface area contributed by atoms with E-state index in [0.717, 1.165) is 106 Å². The van der Waals surface area contributed by atoms with Gasteiger partial charge < -0.3 is 24.6 Å². The van der Waals surface area contributed by atoms with Crippen molar-refractivity contribution in [3.05, 3.63) is 65.4 Å². The smallest absolute Gasteiger partial charge is 0.284 e. The zero-order valence-electron chi connectivity index (χ0n) is 37.1. The molecule has 4 aromatic heterocycles. The number of hydrogen-bond donors (Lipinski definition) is 2. The predicted molar refractivity (Wildman–Crippen MR) is 239 cm³/mol. The molecule has 2 bridgehead atoms. The molecule has 2 saturated carbocycles. The standard InChI is InChI=1S/C48H55F2N11O5/c1-28(30-9-10-30)61-44-31(4-2-6-36(44)42(56-61)37-13-14-41(62)54-47(37)63)5-3-21-65-34-15-18-57(19-16-34)24-29-7-11-32(12-8-29)60-26-39(43(55-60)45(49)50)52-48(64)38-23-51-59-20-17-40(53-46(38)59)58-25-35-22-33(58)27-66-35/h2,4,6,17,20,23,26,28-30,32-35,37,45H,7-16,18-19,21-22,24-25,27H2,1H3,(H,52,64)(H,54,62,63)/t28?,29?,32?,33-,35-,37?/m1/s1. The summed E-state index contributed by atoms with van der Waals surface area (Å²) in [5, 5.41) is 19.7. The number of anilines is 2. The Bertz CT molecular complexity index is 2720. The molecule has 18 heteroatoms. The average molecular weight is 904 g/mol. The number of hydrogen-bond acceptors (Lipinski definition) is 11. The molecule has 0 spiro atoms. The number of ether oxygens (including phenoxy) is 2. The second-order valence-electron chi connectivity index (χ2n) is 19.2. The van der Waals surface area contributed by atoms with Gasteiger partial charge in [-0.1, -0.05) is 24.0 Å². The van der Waals surface area contributed by atoms with Crippen molar-refractivity contribution in [2.45, 2.75) is 120 Å². The lowest BCUT2D eigenvalue weighted by atomic mass is 9.85. The van der Waals surface area contributed by atoms with Gasteiger partial charge in [0.1, 0.15) is 18.0 Å². The number of piperidine rings is 2. The molecule has 2 aliphatic carbocycles. The maximum Gasteiger partial charge on any atom is 0.284 e. The van der Waals surface area contributed by atoms with Crippen LogP contribution in [0.2, 0.25) is 0 Å². The molecule has 2 unspecified atom stereocenters. The highest BCUT2D eigenvalue weighted by molar-refractivity contribution is 6.08. The molecule has 66 heavy (non-hydrogen) atoms. The van der Waals surface area contributed by atoms with Crippen molar-refractivity contribution < 1.29 is 32.6 Å². The van der Waals surface area contributed by atoms with Gasteiger partial charge in [-0.2, -0.15) is 15.3 Å². The number of morpholine rings is 1. The van der Waals surface area contributed by atoms with E-state index >= 15 is 0 Å². The summed E-state index contributed by atoms with van der Waals surface area (Å²) in [6.07, 6.45) is 11.6. The van der Waals surface area contributed by atoms with E-state index in [1.54, 1.807) is 17.1 Å². The maximum absolute atomic E-state index is 14.3. The first-order valence-electron chi connectivity index (χ1n) is 23.7. The number of para-hydroxylation sites is 1. The van der Waals surface area contributed by atoms with Crippen LogP contribution in [0.4, 0.5) is 20.3 Å². The summed E-state index contributed by atoms with van der Waals surface area (Å²) >= 11 is 0. The molecule has 3 amide bonds. The lowest BCUT2D eigenvalue weighted by Crippen LogP contribution is -2.40. The highest BCUT2D eigenvalue weighted by Crippen LogP contribution is 2.43. The number of halogens is 2. The Balaban J connectivity index is 0.665. The fraction of sp³-hybridized carbons (Fsp3) is 0.562. The summed E-state index contributed by atoms with van der Waals surface area (Å²) in [5.41, 5.74) is 2.64. The monoisotopic (exact) mass is 903 g/mol. The second-order valence-corrected chi connectivity index (χ2v) is 19.2. The molecule has 16 nitrogen and oxygen atoms in total. The van der Waals surface area contributed by atoms with Gasteiger partial charge >= 0.3 is 0 Å². The van der Waals surface area contributed by atoms with E-state index in [0.29, 0.717) is 49.2 Å². The first-order valence-corrected chi connectivity index (χ1v) is 23.7. The summed E-state index contributed by atoms with van der Waals surface area (Å²) in [4.78, 5) is 47.8. The van der Waals surface area contributed by atoms with E-state index in [9.17, 15) is 23.2 Å². The van der Waals surface area contributed by atoms with Crippen molar-refractivity contribution >= 4 is 45.8 Å². The number of aromatic nitrogens is 7. The van der Waals surface area contributed by atoms with Gasteiger partial charge in [0.15, 0.2) is 11.3 Å². The summed E-state index contributed by atoms with van der Waals surface area (Å²) in [7, 11) is 0. The Hall–Kier alpha value is -5.77. The van der Waals surface area contributed by atoms with Gasteiger partial charge in [-0.05, 0) is 95.1 Å². The Morgan fingerprint density at radius 3 is 2.61 bits per heavy atom. The first kappa shape index (κ1) is 42.8. The Kier molecular flexibility index (Phi) is 11.6. The predicted octanol–water partition coefficient (Wildman–Crippen LogP) is 6.20. The lowest BCUT2D eigenvalue weighted by molar-refractivity contribution is -0.134. The number of imide groups is 1. The van der Waals surface area contributed by atoms with Crippen LogP contribution in [0, 0.1) is 23.7 Å². The number of fused-ring (bicyclic) bond motifs is 4. The van der Waals surface area contributed by atoms with Gasteiger partial charge in [0.05, 0.1) is 71.5 Å². The van der Waals surface area contributed by atoms with Crippen LogP contribution in [0.3, 0.4) is 0 Å². The first-order chi connectivity index (χ1) is 32.1. The van der Waals surface area contributed by atoms with Crippen molar-refractivity contribution in [3.63, 3.8) is 0 Å². The van der Waals surface area contributed by atoms with Gasteiger partial charge in [-0.25, -0.2) is 18.3 Å². The van der Waals surface area contributed by atoms with Crippen LogP contribution >= 0.6 is 0 Å². The average Bonchev–Trinajstić information content (AvgIpc) is 3.74. The van der Waals surface area contributed by atoms with Crippen LogP contribution in [0.1, 0.15) is 129 Å². The third kappa shape index (κ3) is 8.45. The minimum atomic E-state index is -2.86. The van der Waals surface area contributed by atoms with Gasteiger partial charge in [-0.3, -0.25) is 29.1 Å². The van der Waals surface area contributed by atoms with Crippen molar-refractivity contribution in [2.75, 3.05) is 49.6 Å². The number of rotatable bonds is 12. The maximum atomic E-state index is 14.3. The van der Waals surface area contributed by atoms with Crippen LogP contribution in [-0.4, -0.2) is 114 Å². The summed E-state index contributed by atoms with van der Waals surface area (Å²) < 4.78 is 45.9. The lowest BCUT2D eigenvalue weighted by Gasteiger charge is -2.36. The number of likely N-dealkylation sites (tertiary alicyclic amines) is 1. The fourth-order valence-corrected chi connectivity index (χ4v) is 11.0. The van der Waals surface area contributed by atoms with Crippen molar-refractivity contribution in [1.29, 1.82) is 0 Å². The molecule has 6 aliphatic rings. The zero-order chi connectivity index (χ0) is 45.1. The highest BCUT2D eigenvalue weighted by atomic mass is 19.3. The number of amides is 3. The normalized spacial score (nSPS) is 25.5. The molecular weight excluding hydrogens is 849 g/mol. The molecule has 4 aliphatic heterocycles. The molecule has 8 heterocycles. The van der Waals surface area contributed by atoms with Gasteiger partial charge in [0.2, 0.25) is 11.8 Å². The van der Waals surface area contributed by atoms with E-state index in [-0.39, 0.29) is 53.4 Å². The van der Waals surface area contributed by atoms with E-state index in [4.69, 9.17) is 19.6 Å². The molecule has 6 fully saturated rings. The van der Waals surface area contributed by atoms with E-state index in [1.165, 1.54) is 10.7 Å². The Morgan fingerprint density at radius 2 is 1.86 bits per heavy atom. The number of benzene rings is 1. The van der Waals surface area contributed by atoms with Gasteiger partial charge in [-0.15, -0.1) is 0 Å². The van der Waals surface area contributed by atoms with Gasteiger partial charge in [0, 0.05) is 50.4 Å². The molecule has 1 aromatic carbocycles. The second kappa shape index (κ2) is 17.8. The number of nitrogens with zero attached hydrogens (tertiary/aromatic N) is 9. The minimum Gasteiger partial charge on any atom is -0.374 e. The summed E-state index contributed by atoms with van der Waals surface area (Å²) in [6.45, 7) is 6.76. The SMILES string of the molecule is CC(C1CC1)n1nc(C2CCC(=O)NC2=O)c2cccc(C#CCOC3CCN(CC4CCC(n5cc(NC(=O)c6cnn7ccc(N8C[C@H]9C[C@@H]8CO9)nc67)c(C(F)F)n5)CC4)CC3)c21. The van der Waals surface area contributed by atoms with E-state index in [2.05, 4.69) is 54.1 Å². The molecule has 4 atom stereocenters. The molecular formula is C48H55F2N11O5. The summed E-state index contributed by atoms with van der Waals surface area (Å²) in [5.74, 6) is 6.86. The van der Waals surface area contributed by atoms with Crippen molar-refractivity contribution in [3.8, 4) is 11.8 Å². The highest BCUT2D eigenvalue weighted by Gasteiger charge is 2.40. The van der Waals surface area contributed by atoms with Crippen LogP contribution < -0.4 is 15.5 Å². The Morgan fingerprint density at radius 1 is 1.03 bits per heavy atom. The molecule has 4 saturated heterocycles. The largest absolute Gasteiger partial charge is 0.374 e. The van der Waals surface area contributed by atoms with Crippen molar-refractivity contribution in [2.24, 2.45) is 11.8 Å². The van der Waals surface area contributed by atoms with E-state index in [1.807, 2.05) is 24.3 Å². The molecule has 2 N–H and O–H groups in total. The topological polar surface area (TPSA) is 166 Å². The number of carbonyl (C=O) groups excluding carboxylic acids is 3. The van der Waals surface area contributed by atoms with Gasteiger partial charge in [0.25, 0.3) is 12.3 Å². The molecule has 5 aromatic rings. The number of nitrogens with one attached hydrogen (secondary N) is 2. The van der Waals surface area contributed by atoms with Crippen LogP contribution in [0.25, 0.3) is 16.6 Å². The third-order valence-corrected chi connectivity index (χ3v) is 14.9. The van der Waals surface area contributed by atoms with Crippen LogP contribution in [0.15, 0.2) is 42.9 Å². The third-order valence-electron chi connectivity index (χ3n) is 14.9. The summed E-state index contributed by atoms with van der Waals surface area (Å²) in [6, 6.07) is 8.23. The van der Waals surface area contributed by atoms with Crippen LogP contribution in [0.5, 0.6) is 0 Å². The fourth-order valence-electron chi connectivity index (χ4n) is 11.0. The minimum absolute atomic E-state index is 0.00152. The van der Waals surface area contributed by atoms with Crippen LogP contribution in [-0.2, 0) is 19.1 Å². The molecule has 11 rings (SSSR count). The quantitative estimate of drug-likeness (QED) is 0.108. The molecule has 0 radical (unpaired) electrons. The van der Waals surface area contributed by atoms with Crippen molar-refractivity contribution in [1.82, 2.24) is 44.4 Å².